The fraction of sp³-hybridized carbons (Fsp3) is 0.222. The van der Waals surface area contributed by atoms with Crippen molar-refractivity contribution in [3.05, 3.63) is 66.2 Å². The van der Waals surface area contributed by atoms with Crippen LogP contribution in [-0.2, 0) is 12.3 Å². The summed E-state index contributed by atoms with van der Waals surface area (Å²) in [5, 5.41) is 12.1. The van der Waals surface area contributed by atoms with Crippen LogP contribution in [0, 0.1) is 0 Å². The Kier molecular flexibility index (Phi) is 5.87. The molecule has 5 nitrogen and oxygen atoms in total. The van der Waals surface area contributed by atoms with E-state index in [2.05, 4.69) is 15.3 Å². The Morgan fingerprint density at radius 1 is 1.17 bits per heavy atom. The van der Waals surface area contributed by atoms with Crippen LogP contribution in [0.25, 0.3) is 11.5 Å². The van der Waals surface area contributed by atoms with Crippen molar-refractivity contribution in [1.29, 1.82) is 0 Å². The number of aliphatic hydroxyl groups excluding tert-OH is 1. The number of benzene rings is 1. The second-order valence-electron chi connectivity index (χ2n) is 5.19. The Labute approximate surface area is 145 Å². The third-order valence-electron chi connectivity index (χ3n) is 3.35. The number of nitrogens with one attached hydrogen (secondary N) is 1. The summed E-state index contributed by atoms with van der Waals surface area (Å²) in [4.78, 5) is 8.81. The Morgan fingerprint density at radius 2 is 2.04 bits per heavy atom. The lowest BCUT2D eigenvalue weighted by Gasteiger charge is -2.05. The summed E-state index contributed by atoms with van der Waals surface area (Å²) in [6.45, 7) is 0.757. The van der Waals surface area contributed by atoms with Crippen LogP contribution >= 0.6 is 11.8 Å². The van der Waals surface area contributed by atoms with Crippen LogP contribution in [0.15, 0.2) is 59.3 Å². The van der Waals surface area contributed by atoms with Crippen molar-refractivity contribution in [2.24, 2.45) is 0 Å². The predicted molar refractivity (Wildman–Crippen MR) is 96.8 cm³/mol. The minimum Gasteiger partial charge on any atom is -0.444 e. The van der Waals surface area contributed by atoms with Crippen LogP contribution < -0.4 is 5.32 Å². The van der Waals surface area contributed by atoms with Crippen molar-refractivity contribution in [2.45, 2.75) is 12.3 Å². The highest BCUT2D eigenvalue weighted by Gasteiger charge is 2.06. The number of rotatable bonds is 8. The summed E-state index contributed by atoms with van der Waals surface area (Å²) in [6.07, 6.45) is 3.45. The van der Waals surface area contributed by atoms with Crippen LogP contribution in [0.4, 0.5) is 5.82 Å². The lowest BCUT2D eigenvalue weighted by atomic mass is 10.2. The van der Waals surface area contributed by atoms with E-state index in [0.717, 1.165) is 28.6 Å². The molecule has 124 valence electrons. The standard InChI is InChI=1S/C18H19N3O2S/c22-8-9-24-13-14-6-7-19-17(10-14)20-11-16-12-23-18(21-16)15-4-2-1-3-5-15/h1-7,10,12,22H,8-9,11,13H2,(H,19,20). The Balaban J connectivity index is 1.58. The number of oxazole rings is 1. The van der Waals surface area contributed by atoms with Crippen LogP contribution in [0.3, 0.4) is 0 Å². The number of hydrogen-bond donors (Lipinski definition) is 2. The average Bonchev–Trinajstić information content (AvgIpc) is 3.10. The summed E-state index contributed by atoms with van der Waals surface area (Å²) in [6, 6.07) is 13.8. The molecule has 0 fully saturated rings. The van der Waals surface area contributed by atoms with Crippen molar-refractivity contribution in [3.63, 3.8) is 0 Å². The van der Waals surface area contributed by atoms with E-state index in [1.165, 1.54) is 5.56 Å². The lowest BCUT2D eigenvalue weighted by molar-refractivity contribution is 0.322. The molecule has 0 spiro atoms. The Hall–Kier alpha value is -2.31. The van der Waals surface area contributed by atoms with Gasteiger partial charge in [0.15, 0.2) is 0 Å². The number of hydrogen-bond acceptors (Lipinski definition) is 6. The first-order valence-electron chi connectivity index (χ1n) is 7.72. The molecule has 6 heteroatoms. The van der Waals surface area contributed by atoms with Crippen LogP contribution in [0.5, 0.6) is 0 Å². The molecule has 0 aliphatic carbocycles. The van der Waals surface area contributed by atoms with Gasteiger partial charge in [0, 0.05) is 23.3 Å². The molecule has 3 rings (SSSR count). The number of nitrogens with zero attached hydrogens (tertiary/aromatic N) is 2. The molecular weight excluding hydrogens is 322 g/mol. The zero-order valence-electron chi connectivity index (χ0n) is 13.2. The molecule has 0 bridgehead atoms. The molecule has 0 aliphatic heterocycles. The van der Waals surface area contributed by atoms with Gasteiger partial charge in [-0.3, -0.25) is 0 Å². The molecule has 0 atom stereocenters. The monoisotopic (exact) mass is 341 g/mol. The number of aliphatic hydroxyl groups is 1. The van der Waals surface area contributed by atoms with E-state index in [1.807, 2.05) is 42.5 Å². The molecule has 0 aliphatic rings. The first-order valence-corrected chi connectivity index (χ1v) is 8.88. The zero-order chi connectivity index (χ0) is 16.6. The Morgan fingerprint density at radius 3 is 2.88 bits per heavy atom. The van der Waals surface area contributed by atoms with E-state index >= 15 is 0 Å². The van der Waals surface area contributed by atoms with Gasteiger partial charge < -0.3 is 14.8 Å². The first kappa shape index (κ1) is 16.5. The minimum absolute atomic E-state index is 0.205. The van der Waals surface area contributed by atoms with Gasteiger partial charge in [0.25, 0.3) is 0 Å². The smallest absolute Gasteiger partial charge is 0.226 e. The fourth-order valence-electron chi connectivity index (χ4n) is 2.20. The number of pyridine rings is 1. The molecule has 2 aromatic heterocycles. The van der Waals surface area contributed by atoms with Gasteiger partial charge in [-0.25, -0.2) is 9.97 Å². The van der Waals surface area contributed by atoms with Gasteiger partial charge in [-0.2, -0.15) is 11.8 Å². The van der Waals surface area contributed by atoms with Gasteiger partial charge in [0.1, 0.15) is 12.1 Å². The molecule has 0 radical (unpaired) electrons. The van der Waals surface area contributed by atoms with E-state index < -0.39 is 0 Å². The quantitative estimate of drug-likeness (QED) is 0.610. The van der Waals surface area contributed by atoms with Gasteiger partial charge in [0.2, 0.25) is 5.89 Å². The fourth-order valence-corrected chi connectivity index (χ4v) is 2.89. The summed E-state index contributed by atoms with van der Waals surface area (Å²) in [7, 11) is 0. The second-order valence-corrected chi connectivity index (χ2v) is 6.29. The molecule has 1 aromatic carbocycles. The molecule has 3 aromatic rings. The first-order chi connectivity index (χ1) is 11.8. The topological polar surface area (TPSA) is 71.2 Å². The van der Waals surface area contributed by atoms with Crippen molar-refractivity contribution in [3.8, 4) is 11.5 Å². The van der Waals surface area contributed by atoms with Crippen LogP contribution in [-0.4, -0.2) is 27.4 Å². The predicted octanol–water partition coefficient (Wildman–Crippen LogP) is 3.57. The highest BCUT2D eigenvalue weighted by Crippen LogP contribution is 2.19. The molecule has 2 N–H and O–H groups in total. The van der Waals surface area contributed by atoms with Crippen molar-refractivity contribution in [1.82, 2.24) is 9.97 Å². The van der Waals surface area contributed by atoms with E-state index in [-0.39, 0.29) is 6.61 Å². The maximum absolute atomic E-state index is 8.83. The number of thioether (sulfide) groups is 1. The van der Waals surface area contributed by atoms with Crippen LogP contribution in [0.1, 0.15) is 11.3 Å². The third-order valence-corrected chi connectivity index (χ3v) is 4.36. The largest absolute Gasteiger partial charge is 0.444 e. The lowest BCUT2D eigenvalue weighted by Crippen LogP contribution is -2.02. The van der Waals surface area contributed by atoms with Gasteiger partial charge >= 0.3 is 0 Å². The number of anilines is 1. The summed E-state index contributed by atoms with van der Waals surface area (Å²) < 4.78 is 5.53. The van der Waals surface area contributed by atoms with Gasteiger partial charge in [-0.15, -0.1) is 0 Å². The maximum Gasteiger partial charge on any atom is 0.226 e. The highest BCUT2D eigenvalue weighted by molar-refractivity contribution is 7.98. The van der Waals surface area contributed by atoms with Crippen molar-refractivity contribution >= 4 is 17.6 Å². The average molecular weight is 341 g/mol. The van der Waals surface area contributed by atoms with E-state index in [4.69, 9.17) is 9.52 Å². The molecule has 0 amide bonds. The summed E-state index contributed by atoms with van der Waals surface area (Å²) >= 11 is 1.70. The van der Waals surface area contributed by atoms with E-state index in [0.29, 0.717) is 12.4 Å². The van der Waals surface area contributed by atoms with Gasteiger partial charge in [0.05, 0.1) is 18.8 Å². The maximum atomic E-state index is 8.83. The molecule has 0 saturated carbocycles. The van der Waals surface area contributed by atoms with Crippen molar-refractivity contribution < 1.29 is 9.52 Å². The third kappa shape index (κ3) is 4.59. The molecule has 2 heterocycles. The Bertz CT molecular complexity index is 762. The molecule has 0 unspecified atom stereocenters. The van der Waals surface area contributed by atoms with Crippen molar-refractivity contribution in [2.75, 3.05) is 17.7 Å². The highest BCUT2D eigenvalue weighted by atomic mass is 32.2. The number of aromatic nitrogens is 2. The van der Waals surface area contributed by atoms with Gasteiger partial charge in [-0.05, 0) is 29.8 Å². The zero-order valence-corrected chi connectivity index (χ0v) is 14.0. The SMILES string of the molecule is OCCSCc1ccnc(NCc2coc(-c3ccccc3)n2)c1. The summed E-state index contributed by atoms with van der Waals surface area (Å²) in [5.41, 5.74) is 2.97. The second kappa shape index (κ2) is 8.52. The molecular formula is C18H19N3O2S. The van der Waals surface area contributed by atoms with Gasteiger partial charge in [-0.1, -0.05) is 18.2 Å². The normalized spacial score (nSPS) is 10.7. The van der Waals surface area contributed by atoms with Crippen LogP contribution in [0.2, 0.25) is 0 Å². The molecule has 24 heavy (non-hydrogen) atoms. The van der Waals surface area contributed by atoms with E-state index in [1.54, 1.807) is 24.2 Å². The summed E-state index contributed by atoms with van der Waals surface area (Å²) in [5.74, 6) is 3.03. The van der Waals surface area contributed by atoms with E-state index in [9.17, 15) is 0 Å². The minimum atomic E-state index is 0.205. The molecule has 0 saturated heterocycles.